The van der Waals surface area contributed by atoms with Crippen molar-refractivity contribution in [3.8, 4) is 5.75 Å². The van der Waals surface area contributed by atoms with Gasteiger partial charge in [-0.15, -0.1) is 0 Å². The fourth-order valence-electron chi connectivity index (χ4n) is 4.82. The number of fused-ring (bicyclic) bond motifs is 1. The lowest BCUT2D eigenvalue weighted by Crippen LogP contribution is -2.52. The monoisotopic (exact) mass is 425 g/mol. The van der Waals surface area contributed by atoms with E-state index in [1.54, 1.807) is 0 Å². The molecule has 0 radical (unpaired) electrons. The average molecular weight is 426 g/mol. The maximum atomic E-state index is 13.3. The van der Waals surface area contributed by atoms with Crippen molar-refractivity contribution in [1.82, 2.24) is 10.2 Å². The Kier molecular flexibility index (Phi) is 7.15. The van der Waals surface area contributed by atoms with Crippen LogP contribution in [0.25, 0.3) is 0 Å². The van der Waals surface area contributed by atoms with Crippen LogP contribution in [-0.2, 0) is 4.79 Å². The first kappa shape index (κ1) is 21.7. The standard InChI is InChI=1S/C25H35N3O3/c1-2-21-18-28(22-10-6-7-11-23(22)31-21)25(30)27-16-13-20(14-17-27)24(29)26-15-12-19-8-4-3-5-9-19/h6-8,10-11,20-21H,2-5,9,12-18H2,1H3,(H,26,29)/t21-/m0/s1. The number of urea groups is 1. The summed E-state index contributed by atoms with van der Waals surface area (Å²) in [6.07, 6.45) is 10.6. The summed E-state index contributed by atoms with van der Waals surface area (Å²) < 4.78 is 6.01. The van der Waals surface area contributed by atoms with Gasteiger partial charge in [0.2, 0.25) is 5.91 Å². The highest BCUT2D eigenvalue weighted by molar-refractivity contribution is 5.94. The van der Waals surface area contributed by atoms with Gasteiger partial charge in [-0.05, 0) is 63.5 Å². The molecule has 3 amide bonds. The Hall–Kier alpha value is -2.50. The van der Waals surface area contributed by atoms with Crippen LogP contribution in [0, 0.1) is 5.92 Å². The van der Waals surface area contributed by atoms with Gasteiger partial charge < -0.3 is 15.0 Å². The molecule has 0 spiro atoms. The number of allylic oxidation sites excluding steroid dienone is 1. The number of nitrogens with zero attached hydrogens (tertiary/aromatic N) is 2. The molecule has 0 bridgehead atoms. The molecule has 1 saturated heterocycles. The van der Waals surface area contributed by atoms with Crippen LogP contribution in [0.3, 0.4) is 0 Å². The van der Waals surface area contributed by atoms with E-state index in [-0.39, 0.29) is 24.0 Å². The van der Waals surface area contributed by atoms with Gasteiger partial charge in [-0.25, -0.2) is 4.79 Å². The highest BCUT2D eigenvalue weighted by atomic mass is 16.5. The highest BCUT2D eigenvalue weighted by Gasteiger charge is 2.34. The van der Waals surface area contributed by atoms with Gasteiger partial charge in [-0.2, -0.15) is 0 Å². The molecule has 0 aromatic heterocycles. The van der Waals surface area contributed by atoms with E-state index in [2.05, 4.69) is 18.3 Å². The molecule has 3 aliphatic rings. The van der Waals surface area contributed by atoms with E-state index in [9.17, 15) is 9.59 Å². The average Bonchev–Trinajstić information content (AvgIpc) is 2.83. The van der Waals surface area contributed by atoms with E-state index in [1.807, 2.05) is 34.1 Å². The Labute approximate surface area is 185 Å². The van der Waals surface area contributed by atoms with Gasteiger partial charge in [0.05, 0.1) is 12.2 Å². The van der Waals surface area contributed by atoms with Gasteiger partial charge in [0, 0.05) is 25.6 Å². The van der Waals surface area contributed by atoms with Crippen LogP contribution in [0.2, 0.25) is 0 Å². The Morgan fingerprint density at radius 3 is 2.71 bits per heavy atom. The second-order valence-corrected chi connectivity index (χ2v) is 8.92. The zero-order valence-electron chi connectivity index (χ0n) is 18.6. The van der Waals surface area contributed by atoms with Gasteiger partial charge in [0.25, 0.3) is 0 Å². The minimum atomic E-state index is 0.00440. The first-order valence-corrected chi connectivity index (χ1v) is 11.9. The quantitative estimate of drug-likeness (QED) is 0.707. The van der Waals surface area contributed by atoms with E-state index in [4.69, 9.17) is 4.74 Å². The van der Waals surface area contributed by atoms with Crippen LogP contribution in [0.5, 0.6) is 5.75 Å². The molecule has 31 heavy (non-hydrogen) atoms. The van der Waals surface area contributed by atoms with E-state index in [0.29, 0.717) is 19.6 Å². The summed E-state index contributed by atoms with van der Waals surface area (Å²) in [4.78, 5) is 29.6. The third-order valence-electron chi connectivity index (χ3n) is 6.79. The molecule has 2 aliphatic heterocycles. The number of carbonyl (C=O) groups is 2. The van der Waals surface area contributed by atoms with Gasteiger partial charge in [-0.1, -0.05) is 30.7 Å². The molecule has 1 N–H and O–H groups in total. The minimum absolute atomic E-state index is 0.00440. The van der Waals surface area contributed by atoms with Crippen LogP contribution >= 0.6 is 0 Å². The first-order chi connectivity index (χ1) is 15.2. The molecule has 1 aromatic rings. The van der Waals surface area contributed by atoms with Crippen molar-refractivity contribution in [2.45, 2.75) is 64.4 Å². The molecular weight excluding hydrogens is 390 g/mol. The number of ether oxygens (including phenoxy) is 1. The maximum Gasteiger partial charge on any atom is 0.324 e. The zero-order valence-corrected chi connectivity index (χ0v) is 18.6. The van der Waals surface area contributed by atoms with Gasteiger partial charge in [0.15, 0.2) is 0 Å². The lowest BCUT2D eigenvalue weighted by molar-refractivity contribution is -0.126. The van der Waals surface area contributed by atoms with Crippen LogP contribution in [0.4, 0.5) is 10.5 Å². The van der Waals surface area contributed by atoms with Crippen LogP contribution in [0.15, 0.2) is 35.9 Å². The number of piperidine rings is 1. The Bertz CT molecular complexity index is 814. The second-order valence-electron chi connectivity index (χ2n) is 8.92. The van der Waals surface area contributed by atoms with Crippen molar-refractivity contribution in [2.24, 2.45) is 5.92 Å². The summed E-state index contributed by atoms with van der Waals surface area (Å²) in [7, 11) is 0. The van der Waals surface area contributed by atoms with Crippen molar-refractivity contribution in [3.63, 3.8) is 0 Å². The molecule has 4 rings (SSSR count). The van der Waals surface area contributed by atoms with Gasteiger partial charge >= 0.3 is 6.03 Å². The molecule has 1 atom stereocenters. The number of para-hydroxylation sites is 2. The smallest absolute Gasteiger partial charge is 0.324 e. The summed E-state index contributed by atoms with van der Waals surface area (Å²) >= 11 is 0. The molecule has 168 valence electrons. The highest BCUT2D eigenvalue weighted by Crippen LogP contribution is 2.35. The third kappa shape index (κ3) is 5.23. The van der Waals surface area contributed by atoms with E-state index in [1.165, 1.54) is 31.3 Å². The van der Waals surface area contributed by atoms with Crippen LogP contribution < -0.4 is 15.0 Å². The van der Waals surface area contributed by atoms with E-state index < -0.39 is 0 Å². The minimum Gasteiger partial charge on any atom is -0.486 e. The number of amides is 3. The molecule has 6 nitrogen and oxygen atoms in total. The SMILES string of the molecule is CC[C@H]1CN(C(=O)N2CCC(C(=O)NCCC3=CCCCC3)CC2)c2ccccc2O1. The normalized spacial score (nSPS) is 21.7. The third-order valence-corrected chi connectivity index (χ3v) is 6.79. The Morgan fingerprint density at radius 1 is 1.16 bits per heavy atom. The molecule has 1 aromatic carbocycles. The van der Waals surface area contributed by atoms with E-state index >= 15 is 0 Å². The molecule has 0 saturated carbocycles. The topological polar surface area (TPSA) is 61.9 Å². The van der Waals surface area contributed by atoms with Crippen LogP contribution in [-0.4, -0.2) is 49.1 Å². The molecule has 1 aliphatic carbocycles. The number of anilines is 1. The number of nitrogens with one attached hydrogen (secondary N) is 1. The number of likely N-dealkylation sites (tertiary alicyclic amines) is 1. The number of rotatable bonds is 5. The Balaban J connectivity index is 1.28. The summed E-state index contributed by atoms with van der Waals surface area (Å²) in [6, 6.07) is 7.78. The van der Waals surface area contributed by atoms with E-state index in [0.717, 1.165) is 43.7 Å². The number of benzene rings is 1. The van der Waals surface area contributed by atoms with Crippen molar-refractivity contribution < 1.29 is 14.3 Å². The lowest BCUT2D eigenvalue weighted by Gasteiger charge is -2.39. The van der Waals surface area contributed by atoms with Gasteiger partial charge in [0.1, 0.15) is 11.9 Å². The molecule has 2 heterocycles. The van der Waals surface area contributed by atoms with Crippen LogP contribution in [0.1, 0.15) is 58.3 Å². The number of carbonyl (C=O) groups excluding carboxylic acids is 2. The first-order valence-electron chi connectivity index (χ1n) is 11.9. The number of hydrogen-bond donors (Lipinski definition) is 1. The molecular formula is C25H35N3O3. The summed E-state index contributed by atoms with van der Waals surface area (Å²) in [5.74, 6) is 0.923. The second kappa shape index (κ2) is 10.2. The fourth-order valence-corrected chi connectivity index (χ4v) is 4.82. The summed E-state index contributed by atoms with van der Waals surface area (Å²) in [5, 5.41) is 3.12. The van der Waals surface area contributed by atoms with Gasteiger partial charge in [-0.3, -0.25) is 9.69 Å². The van der Waals surface area contributed by atoms with Crippen molar-refractivity contribution in [3.05, 3.63) is 35.9 Å². The summed E-state index contributed by atoms with van der Waals surface area (Å²) in [6.45, 7) is 4.63. The van der Waals surface area contributed by atoms with Crippen molar-refractivity contribution >= 4 is 17.6 Å². The lowest BCUT2D eigenvalue weighted by atomic mass is 9.95. The molecule has 6 heteroatoms. The summed E-state index contributed by atoms with van der Waals surface area (Å²) in [5.41, 5.74) is 2.33. The van der Waals surface area contributed by atoms with Crippen molar-refractivity contribution in [2.75, 3.05) is 31.1 Å². The van der Waals surface area contributed by atoms with Crippen molar-refractivity contribution in [1.29, 1.82) is 0 Å². The molecule has 0 unspecified atom stereocenters. The largest absolute Gasteiger partial charge is 0.486 e. The predicted octanol–water partition coefficient (Wildman–Crippen LogP) is 4.50. The maximum absolute atomic E-state index is 13.3. The molecule has 1 fully saturated rings. The predicted molar refractivity (Wildman–Crippen MR) is 122 cm³/mol. The fraction of sp³-hybridized carbons (Fsp3) is 0.600. The zero-order chi connectivity index (χ0) is 21.6. The number of hydrogen-bond acceptors (Lipinski definition) is 3. The Morgan fingerprint density at radius 2 is 1.97 bits per heavy atom.